The minimum absolute atomic E-state index is 0.0527. The van der Waals surface area contributed by atoms with Crippen molar-refractivity contribution >= 4 is 47.7 Å². The molecule has 2 aromatic rings. The number of anilines is 1. The molecule has 1 heterocycles. The molecule has 0 bridgehead atoms. The van der Waals surface area contributed by atoms with Crippen molar-refractivity contribution in [1.82, 2.24) is 4.98 Å². The molecule has 0 aliphatic heterocycles. The first-order valence-electron chi connectivity index (χ1n) is 6.94. The van der Waals surface area contributed by atoms with E-state index in [4.69, 9.17) is 24.9 Å². The zero-order valence-corrected chi connectivity index (χ0v) is 16.3. The van der Waals surface area contributed by atoms with Gasteiger partial charge in [-0.15, -0.1) is 0 Å². The first-order chi connectivity index (χ1) is 11.9. The van der Waals surface area contributed by atoms with Crippen LogP contribution in [0.1, 0.15) is 22.8 Å². The molecule has 2 rings (SSSR count). The number of nitrogens with one attached hydrogen (secondary N) is 1. The van der Waals surface area contributed by atoms with E-state index >= 15 is 0 Å². The molecule has 11 heteroatoms. The Bertz CT molecular complexity index is 882. The number of carboxylic acids is 1. The second-order valence-corrected chi connectivity index (χ2v) is 8.63. The number of aromatic hydroxyl groups is 1. The molecule has 0 unspecified atom stereocenters. The average molecular weight is 447 g/mol. The van der Waals surface area contributed by atoms with E-state index in [2.05, 4.69) is 10.3 Å². The van der Waals surface area contributed by atoms with E-state index in [1.165, 1.54) is 44.3 Å². The number of carbonyl (C=O) groups excluding carboxylic acids is 1. The molecule has 140 valence electrons. The van der Waals surface area contributed by atoms with Gasteiger partial charge in [-0.3, -0.25) is 0 Å². The Morgan fingerprint density at radius 2 is 1.85 bits per heavy atom. The van der Waals surface area contributed by atoms with Crippen molar-refractivity contribution in [3.8, 4) is 5.75 Å². The Hall–Kier alpha value is -2.32. The molecule has 1 amide bonds. The molecule has 5 N–H and O–H groups in total. The fourth-order valence-electron chi connectivity index (χ4n) is 1.80. The number of hydrogen-bond acceptors (Lipinski definition) is 5. The molecule has 0 aliphatic carbocycles. The van der Waals surface area contributed by atoms with Crippen LogP contribution < -0.4 is 9.67 Å². The Labute approximate surface area is 156 Å². The number of phenolic OH excluding ortho intramolecular Hbond substituents is 1. The molecule has 1 aromatic carbocycles. The van der Waals surface area contributed by atoms with Crippen molar-refractivity contribution in [2.45, 2.75) is 13.8 Å². The quantitative estimate of drug-likeness (QED) is 0.340. The molecule has 0 saturated carbocycles. The molecular formula is C15H16AsClN2O7. The van der Waals surface area contributed by atoms with Gasteiger partial charge >= 0.3 is 101 Å². The van der Waals surface area contributed by atoms with Gasteiger partial charge in [0.15, 0.2) is 0 Å². The van der Waals surface area contributed by atoms with E-state index in [0.29, 0.717) is 5.56 Å². The number of aryl methyl sites for hydroxylation is 1. The minimum Gasteiger partial charge on any atom is -0.478 e. The van der Waals surface area contributed by atoms with Crippen LogP contribution in [-0.2, 0) is 8.53 Å². The van der Waals surface area contributed by atoms with Crippen LogP contribution in [-0.4, -0.2) is 49.4 Å². The maximum absolute atomic E-state index is 11.3. The average Bonchev–Trinajstić information content (AvgIpc) is 2.50. The van der Waals surface area contributed by atoms with Gasteiger partial charge in [0.25, 0.3) is 0 Å². The van der Waals surface area contributed by atoms with E-state index in [0.717, 1.165) is 0 Å². The van der Waals surface area contributed by atoms with Crippen molar-refractivity contribution in [2.24, 2.45) is 0 Å². The summed E-state index contributed by atoms with van der Waals surface area (Å²) in [5.74, 6) is -1.93. The molecule has 9 nitrogen and oxygen atoms in total. The summed E-state index contributed by atoms with van der Waals surface area (Å²) >= 11 is 0.130. The molecule has 0 aliphatic rings. The Morgan fingerprint density at radius 1 is 1.23 bits per heavy atom. The summed E-state index contributed by atoms with van der Waals surface area (Å²) in [7, 11) is 0. The second kappa shape index (κ2) is 8.86. The smallest absolute Gasteiger partial charge is 0.335 e. The van der Waals surface area contributed by atoms with Gasteiger partial charge in [-0.25, -0.2) is 9.78 Å². The third-order valence-electron chi connectivity index (χ3n) is 2.93. The van der Waals surface area contributed by atoms with Crippen molar-refractivity contribution in [3.05, 3.63) is 46.7 Å². The van der Waals surface area contributed by atoms with Crippen LogP contribution in [0.25, 0.3) is 0 Å². The molecular weight excluding hydrogens is 431 g/mol. The summed E-state index contributed by atoms with van der Waals surface area (Å²) in [6.07, 6.45) is 1.35. The number of carboxylic acid groups (broad SMARTS) is 1. The topological polar surface area (TPSA) is 157 Å². The van der Waals surface area contributed by atoms with Crippen molar-refractivity contribution in [2.75, 3.05) is 5.32 Å². The summed E-state index contributed by atoms with van der Waals surface area (Å²) in [5.41, 5.74) is 0.442. The number of phenols is 1. The second-order valence-electron chi connectivity index (χ2n) is 5.02. The monoisotopic (exact) mass is 446 g/mol. The van der Waals surface area contributed by atoms with Gasteiger partial charge in [0.2, 0.25) is 0 Å². The fourth-order valence-corrected chi connectivity index (χ4v) is 3.86. The summed E-state index contributed by atoms with van der Waals surface area (Å²) in [4.78, 5) is 24.7. The summed E-state index contributed by atoms with van der Waals surface area (Å²) < 4.78 is 29.1. The molecule has 0 fully saturated rings. The summed E-state index contributed by atoms with van der Waals surface area (Å²) in [6.45, 7) is 2.73. The third-order valence-corrected chi connectivity index (χ3v) is 5.31. The fraction of sp³-hybridized carbons (Fsp3) is 0.133. The van der Waals surface area contributed by atoms with Gasteiger partial charge < -0.3 is 5.11 Å². The van der Waals surface area contributed by atoms with Crippen LogP contribution in [0.5, 0.6) is 5.75 Å². The van der Waals surface area contributed by atoms with Gasteiger partial charge in [0.1, 0.15) is 5.15 Å². The molecule has 0 saturated heterocycles. The number of hydrogen-bond donors (Lipinski definition) is 5. The number of rotatable bonds is 3. The van der Waals surface area contributed by atoms with Gasteiger partial charge in [-0.05, 0) is 12.1 Å². The molecule has 26 heavy (non-hydrogen) atoms. The molecule has 0 spiro atoms. The van der Waals surface area contributed by atoms with E-state index in [1.807, 2.05) is 0 Å². The summed E-state index contributed by atoms with van der Waals surface area (Å²) in [5, 5.41) is 20.5. The maximum Gasteiger partial charge on any atom is 0.335 e. The van der Waals surface area contributed by atoms with Crippen molar-refractivity contribution < 1.29 is 31.7 Å². The number of amides is 1. The van der Waals surface area contributed by atoms with Crippen LogP contribution in [0.4, 0.5) is 5.69 Å². The molecule has 1 aromatic heterocycles. The van der Waals surface area contributed by atoms with Gasteiger partial charge in [0, 0.05) is 6.20 Å². The first-order valence-corrected chi connectivity index (χ1v) is 10.7. The summed E-state index contributed by atoms with van der Waals surface area (Å²) in [6, 6.07) is 5.50. The number of carbonyl (C=O) groups is 2. The predicted molar refractivity (Wildman–Crippen MR) is 93.9 cm³/mol. The third kappa shape index (κ3) is 6.20. The standard InChI is InChI=1S/C9H12AsNO5.C6H4ClNO2/c1-5-3-4-7(11-6(2)12)8(9(5)13)10(14,15)16;7-5-3-4(6(9)10)1-2-8-5/h3-4,13H,1-2H3,(H,11,12)(H2,14,15,16);1-3H,(H,9,10). The van der Waals surface area contributed by atoms with Gasteiger partial charge in [-0.1, -0.05) is 11.6 Å². The van der Waals surface area contributed by atoms with Crippen LogP contribution >= 0.6 is 11.6 Å². The predicted octanol–water partition coefficient (Wildman–Crippen LogP) is 0.653. The zero-order valence-electron chi connectivity index (χ0n) is 13.7. The van der Waals surface area contributed by atoms with Crippen LogP contribution in [0.2, 0.25) is 5.15 Å². The largest absolute Gasteiger partial charge is 0.478 e. The van der Waals surface area contributed by atoms with E-state index in [9.17, 15) is 18.4 Å². The Balaban J connectivity index is 0.000000289. The first kappa shape index (κ1) is 21.7. The van der Waals surface area contributed by atoms with Gasteiger partial charge in [0.05, 0.1) is 5.56 Å². The van der Waals surface area contributed by atoms with E-state index in [1.54, 1.807) is 0 Å². The zero-order chi connectivity index (χ0) is 20.1. The SMILES string of the molecule is CC(=O)Nc1ccc(C)c(O)c1[As](=O)(O)O.O=C(O)c1ccnc(Cl)c1. The normalized spacial score (nSPS) is 10.5. The number of nitrogens with zero attached hydrogens (tertiary/aromatic N) is 1. The molecule has 0 atom stereocenters. The van der Waals surface area contributed by atoms with Crippen molar-refractivity contribution in [1.29, 1.82) is 0 Å². The van der Waals surface area contributed by atoms with Crippen LogP contribution in [0.15, 0.2) is 30.5 Å². The number of benzene rings is 1. The minimum atomic E-state index is -5.28. The molecule has 0 radical (unpaired) electrons. The Kier molecular flexibility index (Phi) is 7.40. The Morgan fingerprint density at radius 3 is 2.27 bits per heavy atom. The van der Waals surface area contributed by atoms with Crippen LogP contribution in [0.3, 0.4) is 0 Å². The van der Waals surface area contributed by atoms with E-state index < -0.39 is 36.1 Å². The maximum atomic E-state index is 11.3. The number of halogens is 1. The number of aromatic nitrogens is 1. The van der Waals surface area contributed by atoms with Gasteiger partial charge in [-0.2, -0.15) is 0 Å². The number of aromatic carboxylic acids is 1. The number of pyridine rings is 1. The van der Waals surface area contributed by atoms with E-state index in [-0.39, 0.29) is 16.4 Å². The van der Waals surface area contributed by atoms with Crippen molar-refractivity contribution in [3.63, 3.8) is 0 Å². The van der Waals surface area contributed by atoms with Crippen LogP contribution in [0, 0.1) is 6.92 Å².